The van der Waals surface area contributed by atoms with Crippen LogP contribution in [0, 0.1) is 0 Å². The summed E-state index contributed by atoms with van der Waals surface area (Å²) in [6, 6.07) is 0. The Hall–Kier alpha value is -1.56. The molecule has 0 heterocycles. The van der Waals surface area contributed by atoms with Gasteiger partial charge in [-0.1, -0.05) is 25.5 Å². The Morgan fingerprint density at radius 2 is 1.90 bits per heavy atom. The maximum atomic E-state index is 12.0. The molecular weight excluding hydrogens is 262 g/mol. The van der Waals surface area contributed by atoms with Crippen molar-refractivity contribution in [3.8, 4) is 0 Å². The van der Waals surface area contributed by atoms with Crippen molar-refractivity contribution in [2.75, 3.05) is 13.7 Å². The number of nitrogens with zero attached hydrogens (tertiary/aromatic N) is 1. The number of ether oxygens (including phenoxy) is 2. The minimum absolute atomic E-state index is 0.0746. The van der Waals surface area contributed by atoms with E-state index in [1.165, 1.54) is 0 Å². The fourth-order valence-corrected chi connectivity index (χ4v) is 1.30. The lowest BCUT2D eigenvalue weighted by atomic mass is 10.2. The Labute approximate surface area is 120 Å². The van der Waals surface area contributed by atoms with Crippen LogP contribution < -0.4 is 0 Å². The van der Waals surface area contributed by atoms with Gasteiger partial charge in [-0.05, 0) is 27.2 Å². The Bertz CT molecular complexity index is 346. The standard InChI is InChI=1S/C14H25NO5/c1-6-7-8-9-10-15(11(16)12(17)19-5)13(18)20-14(2,3)4/h8-9,11,16H,6-7,10H2,1-5H3/b9-8+. The van der Waals surface area contributed by atoms with E-state index in [2.05, 4.69) is 4.74 Å². The lowest BCUT2D eigenvalue weighted by molar-refractivity contribution is -0.160. The van der Waals surface area contributed by atoms with Crippen molar-refractivity contribution in [2.24, 2.45) is 0 Å². The van der Waals surface area contributed by atoms with Crippen LogP contribution >= 0.6 is 0 Å². The second-order valence-electron chi connectivity index (χ2n) is 5.29. The average molecular weight is 287 g/mol. The van der Waals surface area contributed by atoms with Crippen LogP contribution in [-0.2, 0) is 14.3 Å². The van der Waals surface area contributed by atoms with Crippen molar-refractivity contribution in [3.63, 3.8) is 0 Å². The number of aliphatic hydroxyl groups is 1. The molecule has 0 spiro atoms. The minimum Gasteiger partial charge on any atom is -0.466 e. The van der Waals surface area contributed by atoms with Crippen molar-refractivity contribution < 1.29 is 24.2 Å². The predicted molar refractivity (Wildman–Crippen MR) is 75.0 cm³/mol. The van der Waals surface area contributed by atoms with Gasteiger partial charge in [-0.15, -0.1) is 0 Å². The van der Waals surface area contributed by atoms with Crippen LogP contribution in [0.4, 0.5) is 4.79 Å². The summed E-state index contributed by atoms with van der Waals surface area (Å²) >= 11 is 0. The molecule has 0 saturated heterocycles. The molecule has 116 valence electrons. The highest BCUT2D eigenvalue weighted by molar-refractivity contribution is 5.80. The quantitative estimate of drug-likeness (QED) is 0.460. The number of rotatable bonds is 6. The van der Waals surface area contributed by atoms with Crippen molar-refractivity contribution >= 4 is 12.1 Å². The molecule has 1 amide bonds. The van der Waals surface area contributed by atoms with Gasteiger partial charge in [0.15, 0.2) is 0 Å². The summed E-state index contributed by atoms with van der Waals surface area (Å²) in [5.41, 5.74) is -0.710. The number of unbranched alkanes of at least 4 members (excludes halogenated alkanes) is 1. The van der Waals surface area contributed by atoms with Gasteiger partial charge in [-0.3, -0.25) is 4.90 Å². The van der Waals surface area contributed by atoms with E-state index in [9.17, 15) is 14.7 Å². The van der Waals surface area contributed by atoms with Crippen LogP contribution in [0.1, 0.15) is 40.5 Å². The van der Waals surface area contributed by atoms with Crippen molar-refractivity contribution in [1.82, 2.24) is 4.90 Å². The molecule has 6 heteroatoms. The minimum atomic E-state index is -1.68. The third kappa shape index (κ3) is 7.13. The summed E-state index contributed by atoms with van der Waals surface area (Å²) in [5, 5.41) is 9.82. The molecule has 0 aromatic heterocycles. The molecule has 0 fully saturated rings. The maximum Gasteiger partial charge on any atom is 0.413 e. The van der Waals surface area contributed by atoms with Gasteiger partial charge in [0.25, 0.3) is 0 Å². The molecule has 0 aromatic rings. The van der Waals surface area contributed by atoms with Gasteiger partial charge in [0.05, 0.1) is 7.11 Å². The summed E-state index contributed by atoms with van der Waals surface area (Å²) < 4.78 is 9.60. The highest BCUT2D eigenvalue weighted by Gasteiger charge is 2.31. The van der Waals surface area contributed by atoms with E-state index >= 15 is 0 Å². The van der Waals surface area contributed by atoms with Gasteiger partial charge >= 0.3 is 12.1 Å². The third-order valence-electron chi connectivity index (χ3n) is 2.26. The van der Waals surface area contributed by atoms with E-state index < -0.39 is 23.9 Å². The molecule has 0 bridgehead atoms. The van der Waals surface area contributed by atoms with Crippen LogP contribution in [0.5, 0.6) is 0 Å². The Morgan fingerprint density at radius 1 is 1.30 bits per heavy atom. The molecule has 1 atom stereocenters. The highest BCUT2D eigenvalue weighted by atomic mass is 16.6. The zero-order chi connectivity index (χ0) is 15.8. The van der Waals surface area contributed by atoms with E-state index in [4.69, 9.17) is 4.74 Å². The highest BCUT2D eigenvalue weighted by Crippen LogP contribution is 2.12. The molecule has 0 aliphatic rings. The van der Waals surface area contributed by atoms with E-state index in [0.29, 0.717) is 0 Å². The van der Waals surface area contributed by atoms with Crippen molar-refractivity contribution in [2.45, 2.75) is 52.4 Å². The summed E-state index contributed by atoms with van der Waals surface area (Å²) in [4.78, 5) is 24.3. The topological polar surface area (TPSA) is 76.1 Å². The SMILES string of the molecule is CCC/C=C/CN(C(=O)OC(C)(C)C)C(O)C(=O)OC. The molecule has 0 aromatic carbocycles. The van der Waals surface area contributed by atoms with Crippen molar-refractivity contribution in [3.05, 3.63) is 12.2 Å². The fraction of sp³-hybridized carbons (Fsp3) is 0.714. The average Bonchev–Trinajstić information content (AvgIpc) is 2.34. The Kier molecular flexibility index (Phi) is 7.91. The fourth-order valence-electron chi connectivity index (χ4n) is 1.30. The lowest BCUT2D eigenvalue weighted by Crippen LogP contribution is -2.47. The number of carbonyl (C=O) groups is 2. The van der Waals surface area contributed by atoms with Gasteiger partial charge in [-0.2, -0.15) is 0 Å². The summed E-state index contributed by atoms with van der Waals surface area (Å²) in [6.45, 7) is 7.23. The smallest absolute Gasteiger partial charge is 0.413 e. The molecule has 6 nitrogen and oxygen atoms in total. The molecule has 0 radical (unpaired) electrons. The number of esters is 1. The Morgan fingerprint density at radius 3 is 2.35 bits per heavy atom. The molecule has 0 aliphatic carbocycles. The lowest BCUT2D eigenvalue weighted by Gasteiger charge is -2.28. The molecular formula is C14H25NO5. The first-order valence-electron chi connectivity index (χ1n) is 6.63. The maximum absolute atomic E-state index is 12.0. The summed E-state index contributed by atoms with van der Waals surface area (Å²) in [7, 11) is 1.14. The van der Waals surface area contributed by atoms with E-state index in [1.807, 2.05) is 13.0 Å². The second-order valence-corrected chi connectivity index (χ2v) is 5.29. The number of aliphatic hydroxyl groups excluding tert-OH is 1. The second kappa shape index (κ2) is 8.58. The number of amides is 1. The Balaban J connectivity index is 4.86. The number of carbonyl (C=O) groups excluding carboxylic acids is 2. The molecule has 0 saturated carbocycles. The zero-order valence-corrected chi connectivity index (χ0v) is 12.9. The van der Waals surface area contributed by atoms with E-state index in [1.54, 1.807) is 26.8 Å². The van der Waals surface area contributed by atoms with Gasteiger partial charge in [-0.25, -0.2) is 9.59 Å². The van der Waals surface area contributed by atoms with E-state index in [-0.39, 0.29) is 6.54 Å². The van der Waals surface area contributed by atoms with Crippen molar-refractivity contribution in [1.29, 1.82) is 0 Å². The first kappa shape index (κ1) is 18.4. The molecule has 20 heavy (non-hydrogen) atoms. The first-order chi connectivity index (χ1) is 9.22. The summed E-state index contributed by atoms with van der Waals surface area (Å²) in [6.07, 6.45) is 2.97. The molecule has 0 rings (SSSR count). The van der Waals surface area contributed by atoms with Gasteiger partial charge in [0.1, 0.15) is 5.60 Å². The van der Waals surface area contributed by atoms with Gasteiger partial charge < -0.3 is 14.6 Å². The predicted octanol–water partition coefficient (Wildman–Crippen LogP) is 2.07. The van der Waals surface area contributed by atoms with Gasteiger partial charge in [0.2, 0.25) is 6.23 Å². The van der Waals surface area contributed by atoms with Crippen LogP contribution in [0.25, 0.3) is 0 Å². The van der Waals surface area contributed by atoms with Crippen LogP contribution in [0.3, 0.4) is 0 Å². The molecule has 0 aliphatic heterocycles. The van der Waals surface area contributed by atoms with Crippen LogP contribution in [0.2, 0.25) is 0 Å². The zero-order valence-electron chi connectivity index (χ0n) is 12.9. The van der Waals surface area contributed by atoms with Crippen LogP contribution in [-0.4, -0.2) is 47.6 Å². The van der Waals surface area contributed by atoms with Gasteiger partial charge in [0, 0.05) is 6.54 Å². The van der Waals surface area contributed by atoms with E-state index in [0.717, 1.165) is 24.9 Å². The number of hydrogen-bond donors (Lipinski definition) is 1. The monoisotopic (exact) mass is 287 g/mol. The first-order valence-corrected chi connectivity index (χ1v) is 6.63. The van der Waals surface area contributed by atoms with Crippen LogP contribution in [0.15, 0.2) is 12.2 Å². The summed E-state index contributed by atoms with van der Waals surface area (Å²) in [5.74, 6) is -0.903. The largest absolute Gasteiger partial charge is 0.466 e. The number of methoxy groups -OCH3 is 1. The number of allylic oxidation sites excluding steroid dienone is 1. The number of hydrogen-bond acceptors (Lipinski definition) is 5. The third-order valence-corrected chi connectivity index (χ3v) is 2.26. The molecule has 1 N–H and O–H groups in total. The normalized spacial score (nSPS) is 13.1. The molecule has 1 unspecified atom stereocenters.